The average molecular weight is 276 g/mol. The zero-order chi connectivity index (χ0) is 12.8. The van der Waals surface area contributed by atoms with Crippen LogP contribution >= 0.6 is 23.4 Å². The summed E-state index contributed by atoms with van der Waals surface area (Å²) in [5.74, 6) is -0.272. The summed E-state index contributed by atoms with van der Waals surface area (Å²) < 4.78 is 4.92. The molecule has 0 unspecified atom stereocenters. The Labute approximate surface area is 109 Å². The Bertz CT molecular complexity index is 412. The zero-order valence-electron chi connectivity index (χ0n) is 9.40. The summed E-state index contributed by atoms with van der Waals surface area (Å²) in [6.45, 7) is 0.641. The molecule has 0 amide bonds. The SMILES string of the molecule is COCCCSc1c(Cl)cc(N)cc1C(=O)O. The van der Waals surface area contributed by atoms with E-state index in [1.54, 1.807) is 13.2 Å². The number of hydrogen-bond acceptors (Lipinski definition) is 4. The molecule has 1 aromatic carbocycles. The molecular formula is C11H14ClNO3S. The summed E-state index contributed by atoms with van der Waals surface area (Å²) in [6, 6.07) is 2.99. The number of nitrogen functional groups attached to an aromatic ring is 1. The van der Waals surface area contributed by atoms with Gasteiger partial charge in [0.25, 0.3) is 0 Å². The molecule has 0 atom stereocenters. The lowest BCUT2D eigenvalue weighted by atomic mass is 10.2. The van der Waals surface area contributed by atoms with Crippen LogP contribution in [0, 0.1) is 0 Å². The lowest BCUT2D eigenvalue weighted by Gasteiger charge is -2.09. The van der Waals surface area contributed by atoms with Gasteiger partial charge in [-0.3, -0.25) is 0 Å². The number of carboxylic acids is 1. The lowest BCUT2D eigenvalue weighted by molar-refractivity contribution is 0.0693. The molecule has 4 nitrogen and oxygen atoms in total. The summed E-state index contributed by atoms with van der Waals surface area (Å²) in [5, 5.41) is 9.44. The normalized spacial score (nSPS) is 10.5. The third kappa shape index (κ3) is 4.11. The first kappa shape index (κ1) is 14.2. The Balaban J connectivity index is 2.85. The fraction of sp³-hybridized carbons (Fsp3) is 0.364. The van der Waals surface area contributed by atoms with Gasteiger partial charge in [-0.1, -0.05) is 11.6 Å². The summed E-state index contributed by atoms with van der Waals surface area (Å²) in [4.78, 5) is 11.6. The third-order valence-corrected chi connectivity index (χ3v) is 3.67. The highest BCUT2D eigenvalue weighted by molar-refractivity contribution is 7.99. The van der Waals surface area contributed by atoms with Crippen molar-refractivity contribution in [1.82, 2.24) is 0 Å². The number of rotatable bonds is 6. The molecule has 0 aromatic heterocycles. The standard InChI is InChI=1S/C11H14ClNO3S/c1-16-3-2-4-17-10-8(11(14)15)5-7(13)6-9(10)12/h5-6H,2-4,13H2,1H3,(H,14,15). The second-order valence-electron chi connectivity index (χ2n) is 3.38. The van der Waals surface area contributed by atoms with Gasteiger partial charge >= 0.3 is 5.97 Å². The molecule has 0 aliphatic rings. The molecule has 1 rings (SSSR count). The molecule has 0 aliphatic heterocycles. The van der Waals surface area contributed by atoms with Crippen LogP contribution in [0.2, 0.25) is 5.02 Å². The predicted octanol–water partition coefficient (Wildman–Crippen LogP) is 2.75. The Morgan fingerprint density at radius 2 is 2.29 bits per heavy atom. The van der Waals surface area contributed by atoms with Crippen molar-refractivity contribution in [1.29, 1.82) is 0 Å². The van der Waals surface area contributed by atoms with E-state index in [0.29, 0.717) is 22.2 Å². The minimum Gasteiger partial charge on any atom is -0.478 e. The van der Waals surface area contributed by atoms with Gasteiger partial charge in [0.2, 0.25) is 0 Å². The van der Waals surface area contributed by atoms with E-state index in [4.69, 9.17) is 27.2 Å². The number of benzene rings is 1. The first-order chi connectivity index (χ1) is 8.06. The second-order valence-corrected chi connectivity index (χ2v) is 4.89. The number of methoxy groups -OCH3 is 1. The monoisotopic (exact) mass is 275 g/mol. The van der Waals surface area contributed by atoms with Crippen molar-refractivity contribution < 1.29 is 14.6 Å². The number of halogens is 1. The molecule has 94 valence electrons. The van der Waals surface area contributed by atoms with E-state index in [-0.39, 0.29) is 5.56 Å². The number of carboxylic acid groups (broad SMARTS) is 1. The molecule has 0 bridgehead atoms. The fourth-order valence-corrected chi connectivity index (χ4v) is 2.65. The Morgan fingerprint density at radius 3 is 2.88 bits per heavy atom. The minimum absolute atomic E-state index is 0.150. The van der Waals surface area contributed by atoms with E-state index in [1.165, 1.54) is 17.8 Å². The molecule has 6 heteroatoms. The Morgan fingerprint density at radius 1 is 1.59 bits per heavy atom. The highest BCUT2D eigenvalue weighted by Gasteiger charge is 2.14. The molecule has 0 saturated heterocycles. The summed E-state index contributed by atoms with van der Waals surface area (Å²) >= 11 is 7.40. The number of aromatic carboxylic acids is 1. The molecule has 0 saturated carbocycles. The maximum Gasteiger partial charge on any atom is 0.336 e. The van der Waals surface area contributed by atoms with Crippen LogP contribution < -0.4 is 5.73 Å². The van der Waals surface area contributed by atoms with Gasteiger partial charge in [0.05, 0.1) is 10.6 Å². The molecule has 0 heterocycles. The van der Waals surface area contributed by atoms with Crippen molar-refractivity contribution in [3.05, 3.63) is 22.7 Å². The first-order valence-corrected chi connectivity index (χ1v) is 6.36. The number of carbonyl (C=O) groups is 1. The smallest absolute Gasteiger partial charge is 0.336 e. The maximum atomic E-state index is 11.1. The molecule has 0 radical (unpaired) electrons. The molecule has 17 heavy (non-hydrogen) atoms. The summed E-state index contributed by atoms with van der Waals surface area (Å²) in [7, 11) is 1.63. The Hall–Kier alpha value is -0.910. The van der Waals surface area contributed by atoms with Crippen LogP contribution in [0.25, 0.3) is 0 Å². The van der Waals surface area contributed by atoms with Gasteiger partial charge in [-0.05, 0) is 18.6 Å². The van der Waals surface area contributed by atoms with Crippen molar-refractivity contribution in [3.63, 3.8) is 0 Å². The summed E-state index contributed by atoms with van der Waals surface area (Å²) in [5.41, 5.74) is 6.07. The molecular weight excluding hydrogens is 262 g/mol. The summed E-state index contributed by atoms with van der Waals surface area (Å²) in [6.07, 6.45) is 0.834. The van der Waals surface area contributed by atoms with Gasteiger partial charge in [0, 0.05) is 30.1 Å². The number of nitrogens with two attached hydrogens (primary N) is 1. The Kier molecular flexibility index (Phi) is 5.61. The average Bonchev–Trinajstić information content (AvgIpc) is 2.25. The van der Waals surface area contributed by atoms with E-state index in [2.05, 4.69) is 0 Å². The quantitative estimate of drug-likeness (QED) is 0.474. The number of anilines is 1. The number of ether oxygens (including phenoxy) is 1. The molecule has 3 N–H and O–H groups in total. The van der Waals surface area contributed by atoms with Crippen LogP contribution in [0.4, 0.5) is 5.69 Å². The van der Waals surface area contributed by atoms with Gasteiger partial charge < -0.3 is 15.6 Å². The predicted molar refractivity (Wildman–Crippen MR) is 70.0 cm³/mol. The van der Waals surface area contributed by atoms with Crippen molar-refractivity contribution in [2.45, 2.75) is 11.3 Å². The minimum atomic E-state index is -1.02. The molecule has 0 fully saturated rings. The van der Waals surface area contributed by atoms with E-state index < -0.39 is 5.97 Å². The number of thioether (sulfide) groups is 1. The van der Waals surface area contributed by atoms with Crippen LogP contribution in [0.5, 0.6) is 0 Å². The van der Waals surface area contributed by atoms with Crippen molar-refractivity contribution in [2.75, 3.05) is 25.2 Å². The molecule has 0 spiro atoms. The number of hydrogen-bond donors (Lipinski definition) is 2. The van der Waals surface area contributed by atoms with Crippen LogP contribution in [-0.4, -0.2) is 30.5 Å². The van der Waals surface area contributed by atoms with E-state index in [0.717, 1.165) is 12.2 Å². The largest absolute Gasteiger partial charge is 0.478 e. The second kappa shape index (κ2) is 6.74. The van der Waals surface area contributed by atoms with E-state index in [9.17, 15) is 4.79 Å². The highest BCUT2D eigenvalue weighted by atomic mass is 35.5. The van der Waals surface area contributed by atoms with Crippen molar-refractivity contribution in [2.24, 2.45) is 0 Å². The molecule has 0 aliphatic carbocycles. The lowest BCUT2D eigenvalue weighted by Crippen LogP contribution is -2.02. The van der Waals surface area contributed by atoms with Gasteiger partial charge in [-0.15, -0.1) is 11.8 Å². The van der Waals surface area contributed by atoms with Crippen molar-refractivity contribution in [3.8, 4) is 0 Å². The first-order valence-electron chi connectivity index (χ1n) is 5.00. The van der Waals surface area contributed by atoms with E-state index >= 15 is 0 Å². The fourth-order valence-electron chi connectivity index (χ4n) is 1.30. The van der Waals surface area contributed by atoms with Crippen LogP contribution in [0.3, 0.4) is 0 Å². The van der Waals surface area contributed by atoms with Gasteiger partial charge in [-0.2, -0.15) is 0 Å². The van der Waals surface area contributed by atoms with Crippen LogP contribution in [0.15, 0.2) is 17.0 Å². The van der Waals surface area contributed by atoms with E-state index in [1.807, 2.05) is 0 Å². The molecule has 1 aromatic rings. The zero-order valence-corrected chi connectivity index (χ0v) is 11.0. The maximum absolute atomic E-state index is 11.1. The van der Waals surface area contributed by atoms with Crippen molar-refractivity contribution >= 4 is 35.0 Å². The van der Waals surface area contributed by atoms with Gasteiger partial charge in [0.1, 0.15) is 0 Å². The van der Waals surface area contributed by atoms with Gasteiger partial charge in [-0.25, -0.2) is 4.79 Å². The van der Waals surface area contributed by atoms with Crippen LogP contribution in [0.1, 0.15) is 16.8 Å². The van der Waals surface area contributed by atoms with Gasteiger partial charge in [0.15, 0.2) is 0 Å². The highest BCUT2D eigenvalue weighted by Crippen LogP contribution is 2.33. The van der Waals surface area contributed by atoms with Crippen LogP contribution in [-0.2, 0) is 4.74 Å². The third-order valence-electron chi connectivity index (χ3n) is 2.04. The topological polar surface area (TPSA) is 72.5 Å².